The number of nitrogens with zero attached hydrogens (tertiary/aromatic N) is 1. The van der Waals surface area contributed by atoms with E-state index < -0.39 is 11.9 Å². The molecule has 0 bridgehead atoms. The van der Waals surface area contributed by atoms with E-state index in [1.165, 1.54) is 0 Å². The van der Waals surface area contributed by atoms with Gasteiger partial charge in [-0.25, -0.2) is 0 Å². The molecule has 0 saturated carbocycles. The topological polar surface area (TPSA) is 87.7 Å². The van der Waals surface area contributed by atoms with Crippen LogP contribution in [-0.2, 0) is 20.7 Å². The third kappa shape index (κ3) is 8.47. The molecule has 170 valence electrons. The van der Waals surface area contributed by atoms with Crippen molar-refractivity contribution in [1.29, 1.82) is 0 Å². The van der Waals surface area contributed by atoms with Crippen LogP contribution in [-0.4, -0.2) is 47.5 Å². The van der Waals surface area contributed by atoms with E-state index in [9.17, 15) is 14.4 Å². The summed E-state index contributed by atoms with van der Waals surface area (Å²) in [7, 11) is 0. The largest absolute Gasteiger partial charge is 0.465 e. The predicted octanol–water partition coefficient (Wildman–Crippen LogP) is 3.55. The normalized spacial score (nSPS) is 10.2. The Bertz CT molecular complexity index is 930. The smallest absolute Gasteiger partial charge is 0.306 e. The van der Waals surface area contributed by atoms with Crippen LogP contribution in [0.15, 0.2) is 54.6 Å². The molecule has 0 fully saturated rings. The average molecular weight is 456 g/mol. The number of thiocarbonyl (C=S) groups is 1. The molecule has 0 spiro atoms. The van der Waals surface area contributed by atoms with Gasteiger partial charge in [0.05, 0.1) is 13.0 Å². The monoisotopic (exact) mass is 455 g/mol. The Kier molecular flexibility index (Phi) is 10.3. The van der Waals surface area contributed by atoms with Crippen molar-refractivity contribution in [2.24, 2.45) is 0 Å². The minimum atomic E-state index is -0.433. The number of hydrogen-bond donors (Lipinski definition) is 2. The Hall–Kier alpha value is -3.26. The van der Waals surface area contributed by atoms with Crippen LogP contribution in [0.5, 0.6) is 0 Å². The maximum Gasteiger partial charge on any atom is 0.306 e. The fraction of sp³-hybridized carbons (Fsp3) is 0.333. The molecule has 0 saturated heterocycles. The third-order valence-corrected chi connectivity index (χ3v) is 4.93. The molecule has 0 heterocycles. The fourth-order valence-corrected chi connectivity index (χ4v) is 3.22. The summed E-state index contributed by atoms with van der Waals surface area (Å²) < 4.78 is 5.17. The molecule has 0 atom stereocenters. The van der Waals surface area contributed by atoms with Gasteiger partial charge in [0.15, 0.2) is 5.11 Å². The second-order valence-corrected chi connectivity index (χ2v) is 7.42. The Balaban J connectivity index is 1.73. The Labute approximate surface area is 194 Å². The second-order valence-electron chi connectivity index (χ2n) is 7.02. The molecule has 32 heavy (non-hydrogen) atoms. The zero-order valence-electron chi connectivity index (χ0n) is 18.4. The summed E-state index contributed by atoms with van der Waals surface area (Å²) in [6.45, 7) is 5.36. The quantitative estimate of drug-likeness (QED) is 0.421. The summed E-state index contributed by atoms with van der Waals surface area (Å²) in [5, 5.41) is 5.53. The van der Waals surface area contributed by atoms with Crippen molar-refractivity contribution in [2.75, 3.05) is 25.0 Å². The van der Waals surface area contributed by atoms with Crippen LogP contribution in [0.25, 0.3) is 0 Å². The summed E-state index contributed by atoms with van der Waals surface area (Å²) in [6.07, 6.45) is 0.562. The molecule has 2 rings (SSSR count). The van der Waals surface area contributed by atoms with Gasteiger partial charge in [0.25, 0.3) is 5.91 Å². The van der Waals surface area contributed by atoms with Crippen LogP contribution < -0.4 is 10.6 Å². The summed E-state index contributed by atoms with van der Waals surface area (Å²) in [6, 6.07) is 16.6. The van der Waals surface area contributed by atoms with Gasteiger partial charge >= 0.3 is 5.97 Å². The molecule has 0 aliphatic carbocycles. The number of amides is 2. The van der Waals surface area contributed by atoms with Crippen LogP contribution >= 0.6 is 12.2 Å². The van der Waals surface area contributed by atoms with Crippen LogP contribution in [0.4, 0.5) is 5.69 Å². The molecule has 0 aromatic heterocycles. The summed E-state index contributed by atoms with van der Waals surface area (Å²) in [5.41, 5.74) is 2.21. The van der Waals surface area contributed by atoms with Gasteiger partial charge < -0.3 is 20.3 Å². The third-order valence-electron chi connectivity index (χ3n) is 4.72. The van der Waals surface area contributed by atoms with Crippen LogP contribution in [0.2, 0.25) is 0 Å². The van der Waals surface area contributed by atoms with E-state index in [4.69, 9.17) is 17.0 Å². The zero-order valence-corrected chi connectivity index (χ0v) is 19.2. The standard InChI is InChI=1S/C24H29N3O4S/c1-3-27(4-2)23(30)19-11-8-12-20(17-19)25-24(32)26-21(28)13-14-22(29)31-16-15-18-9-6-5-7-10-18/h5-12,17H,3-4,13-16H2,1-2H3,(H2,25,26,28,32). The lowest BCUT2D eigenvalue weighted by Gasteiger charge is -2.19. The van der Waals surface area contributed by atoms with Crippen molar-refractivity contribution in [3.8, 4) is 0 Å². The molecular weight excluding hydrogens is 426 g/mol. The molecule has 2 amide bonds. The van der Waals surface area contributed by atoms with Crippen molar-refractivity contribution in [3.05, 3.63) is 65.7 Å². The van der Waals surface area contributed by atoms with Gasteiger partial charge in [0.1, 0.15) is 0 Å². The van der Waals surface area contributed by atoms with Gasteiger partial charge in [-0.2, -0.15) is 0 Å². The van der Waals surface area contributed by atoms with Gasteiger partial charge in [-0.15, -0.1) is 0 Å². The molecule has 0 radical (unpaired) electrons. The minimum absolute atomic E-state index is 0.0307. The number of nitrogens with one attached hydrogen (secondary N) is 2. The average Bonchev–Trinajstić information content (AvgIpc) is 2.79. The first-order chi connectivity index (χ1) is 15.4. The highest BCUT2D eigenvalue weighted by molar-refractivity contribution is 7.80. The second kappa shape index (κ2) is 13.2. The Morgan fingerprint density at radius 2 is 1.69 bits per heavy atom. The van der Waals surface area contributed by atoms with E-state index in [2.05, 4.69) is 10.6 Å². The fourth-order valence-electron chi connectivity index (χ4n) is 2.99. The maximum absolute atomic E-state index is 12.5. The maximum atomic E-state index is 12.5. The zero-order chi connectivity index (χ0) is 23.3. The lowest BCUT2D eigenvalue weighted by molar-refractivity contribution is -0.144. The van der Waals surface area contributed by atoms with E-state index in [0.29, 0.717) is 30.8 Å². The van der Waals surface area contributed by atoms with Crippen molar-refractivity contribution in [2.45, 2.75) is 33.1 Å². The number of anilines is 1. The highest BCUT2D eigenvalue weighted by Gasteiger charge is 2.14. The van der Waals surface area contributed by atoms with Crippen molar-refractivity contribution in [3.63, 3.8) is 0 Å². The van der Waals surface area contributed by atoms with Gasteiger partial charge in [0, 0.05) is 37.2 Å². The lowest BCUT2D eigenvalue weighted by atomic mass is 10.1. The Morgan fingerprint density at radius 1 is 0.969 bits per heavy atom. The molecule has 2 N–H and O–H groups in total. The number of benzene rings is 2. The number of hydrogen-bond acceptors (Lipinski definition) is 5. The van der Waals surface area contributed by atoms with Crippen molar-refractivity contribution >= 4 is 40.8 Å². The van der Waals surface area contributed by atoms with Gasteiger partial charge in [-0.1, -0.05) is 36.4 Å². The van der Waals surface area contributed by atoms with Crippen molar-refractivity contribution in [1.82, 2.24) is 10.2 Å². The van der Waals surface area contributed by atoms with Gasteiger partial charge in [-0.05, 0) is 49.8 Å². The van der Waals surface area contributed by atoms with Crippen molar-refractivity contribution < 1.29 is 19.1 Å². The number of ether oxygens (including phenoxy) is 1. The van der Waals surface area contributed by atoms with Crippen LogP contribution in [0.3, 0.4) is 0 Å². The molecule has 2 aromatic carbocycles. The van der Waals surface area contributed by atoms with Gasteiger partial charge in [0.2, 0.25) is 5.91 Å². The van der Waals surface area contributed by atoms with E-state index in [-0.39, 0.29) is 30.5 Å². The highest BCUT2D eigenvalue weighted by atomic mass is 32.1. The lowest BCUT2D eigenvalue weighted by Crippen LogP contribution is -2.34. The van der Waals surface area contributed by atoms with E-state index in [1.54, 1.807) is 29.2 Å². The number of rotatable bonds is 10. The molecule has 8 heteroatoms. The van der Waals surface area contributed by atoms with Gasteiger partial charge in [-0.3, -0.25) is 14.4 Å². The summed E-state index contributed by atoms with van der Waals surface area (Å²) in [4.78, 5) is 38.1. The number of carbonyl (C=O) groups is 3. The number of esters is 1. The predicted molar refractivity (Wildman–Crippen MR) is 128 cm³/mol. The Morgan fingerprint density at radius 3 is 2.38 bits per heavy atom. The minimum Gasteiger partial charge on any atom is -0.465 e. The molecule has 2 aromatic rings. The van der Waals surface area contributed by atoms with E-state index in [0.717, 1.165) is 5.56 Å². The SMILES string of the molecule is CCN(CC)C(=O)c1cccc(NC(=S)NC(=O)CCC(=O)OCCc2ccccc2)c1. The molecule has 0 aliphatic heterocycles. The first kappa shape index (κ1) is 25.0. The summed E-state index contributed by atoms with van der Waals surface area (Å²) >= 11 is 5.17. The number of carbonyl (C=O) groups excluding carboxylic acids is 3. The first-order valence-electron chi connectivity index (χ1n) is 10.6. The van der Waals surface area contributed by atoms with E-state index in [1.807, 2.05) is 44.2 Å². The highest BCUT2D eigenvalue weighted by Crippen LogP contribution is 2.13. The van der Waals surface area contributed by atoms with Crippen LogP contribution in [0.1, 0.15) is 42.6 Å². The molecule has 0 unspecified atom stereocenters. The molecule has 0 aliphatic rings. The molecule has 7 nitrogen and oxygen atoms in total. The molecular formula is C24H29N3O4S. The van der Waals surface area contributed by atoms with Crippen LogP contribution in [0, 0.1) is 0 Å². The summed E-state index contributed by atoms with van der Waals surface area (Å²) in [5.74, 6) is -0.894. The first-order valence-corrected chi connectivity index (χ1v) is 11.0. The van der Waals surface area contributed by atoms with E-state index >= 15 is 0 Å².